The van der Waals surface area contributed by atoms with E-state index in [9.17, 15) is 18.4 Å². The van der Waals surface area contributed by atoms with Gasteiger partial charge in [-0.25, -0.2) is 13.6 Å². The third kappa shape index (κ3) is 2.82. The number of nitrogens with zero attached hydrogens (tertiary/aromatic N) is 1. The Hall–Kier alpha value is -2.55. The van der Waals surface area contributed by atoms with Gasteiger partial charge in [-0.3, -0.25) is 9.69 Å². The van der Waals surface area contributed by atoms with Crippen LogP contribution in [0.25, 0.3) is 0 Å². The lowest BCUT2D eigenvalue weighted by atomic mass is 9.98. The fraction of sp³-hybridized carbons (Fsp3) is 0.200. The summed E-state index contributed by atoms with van der Waals surface area (Å²) in [5.41, 5.74) is 4.88. The molecule has 1 aromatic rings. The van der Waals surface area contributed by atoms with E-state index in [1.54, 1.807) is 0 Å². The molecule has 3 rings (SSSR count). The monoisotopic (exact) mass is 354 g/mol. The van der Waals surface area contributed by atoms with Gasteiger partial charge in [0.25, 0.3) is 5.91 Å². The van der Waals surface area contributed by atoms with Crippen molar-refractivity contribution in [2.45, 2.75) is 17.6 Å². The van der Waals surface area contributed by atoms with Crippen LogP contribution in [0.15, 0.2) is 42.2 Å². The van der Waals surface area contributed by atoms with E-state index in [-0.39, 0.29) is 5.69 Å². The first-order valence-corrected chi connectivity index (χ1v) is 7.36. The van der Waals surface area contributed by atoms with E-state index in [2.05, 4.69) is 12.6 Å². The van der Waals surface area contributed by atoms with Crippen molar-refractivity contribution in [3.8, 4) is 0 Å². The lowest BCUT2D eigenvalue weighted by molar-refractivity contribution is -0.125. The fourth-order valence-electron chi connectivity index (χ4n) is 2.60. The summed E-state index contributed by atoms with van der Waals surface area (Å²) in [6, 6.07) is 1.69. The van der Waals surface area contributed by atoms with Gasteiger partial charge >= 0.3 is 6.09 Å². The van der Waals surface area contributed by atoms with Gasteiger partial charge in [-0.2, -0.15) is 0 Å². The Balaban J connectivity index is 2.09. The van der Waals surface area contributed by atoms with Gasteiger partial charge < -0.3 is 15.2 Å². The van der Waals surface area contributed by atoms with Crippen LogP contribution in [0.5, 0.6) is 0 Å². The van der Waals surface area contributed by atoms with Gasteiger partial charge in [0.05, 0.1) is 11.9 Å². The molecule has 1 saturated heterocycles. The van der Waals surface area contributed by atoms with E-state index < -0.39 is 41.2 Å². The first-order valence-electron chi connectivity index (χ1n) is 6.84. The molecule has 2 N–H and O–H groups in total. The maximum Gasteiger partial charge on any atom is 0.415 e. The standard InChI is InChI=1S/C15H12F2N2O4S/c16-8-1-2-10(9(17)6-8)19-12(7-3-4-22-11(24)5-7)13(14(18)20)23-15(19)21/h1-6,11-13,24H,(H2,18,20). The third-order valence-electron chi connectivity index (χ3n) is 3.59. The molecule has 2 heterocycles. The van der Waals surface area contributed by atoms with E-state index in [0.29, 0.717) is 11.6 Å². The van der Waals surface area contributed by atoms with Crippen molar-refractivity contribution >= 4 is 30.3 Å². The van der Waals surface area contributed by atoms with Gasteiger partial charge in [-0.15, -0.1) is 12.6 Å². The summed E-state index contributed by atoms with van der Waals surface area (Å²) < 4.78 is 37.4. The molecule has 126 valence electrons. The molecule has 9 heteroatoms. The molecule has 0 bridgehead atoms. The average Bonchev–Trinajstić information content (AvgIpc) is 2.85. The quantitative estimate of drug-likeness (QED) is 0.812. The minimum atomic E-state index is -1.34. The Bertz CT molecular complexity index is 768. The van der Waals surface area contributed by atoms with Gasteiger partial charge in [0.2, 0.25) is 6.10 Å². The minimum Gasteiger partial charge on any atom is -0.483 e. The van der Waals surface area contributed by atoms with E-state index in [0.717, 1.165) is 17.0 Å². The van der Waals surface area contributed by atoms with E-state index in [4.69, 9.17) is 15.2 Å². The maximum atomic E-state index is 14.1. The summed E-state index contributed by atoms with van der Waals surface area (Å²) in [7, 11) is 0. The number of amides is 2. The Labute approximate surface area is 140 Å². The SMILES string of the molecule is NC(=O)C1OC(=O)N(c2ccc(F)cc2F)C1C1=CC(S)OC=C1. The van der Waals surface area contributed by atoms with Crippen LogP contribution in [0, 0.1) is 11.6 Å². The summed E-state index contributed by atoms with van der Waals surface area (Å²) in [4.78, 5) is 24.8. The number of thiol groups is 1. The number of halogens is 2. The van der Waals surface area contributed by atoms with Crippen LogP contribution in [-0.4, -0.2) is 29.6 Å². The van der Waals surface area contributed by atoms with Crippen LogP contribution in [0.3, 0.4) is 0 Å². The van der Waals surface area contributed by atoms with Crippen LogP contribution in [0.2, 0.25) is 0 Å². The molecule has 0 aliphatic carbocycles. The highest BCUT2D eigenvalue weighted by atomic mass is 32.1. The van der Waals surface area contributed by atoms with Gasteiger partial charge in [0.15, 0.2) is 5.44 Å². The number of hydrogen-bond donors (Lipinski definition) is 2. The fourth-order valence-corrected chi connectivity index (χ4v) is 2.84. The van der Waals surface area contributed by atoms with Crippen molar-refractivity contribution in [1.29, 1.82) is 0 Å². The highest BCUT2D eigenvalue weighted by molar-refractivity contribution is 7.80. The van der Waals surface area contributed by atoms with Crippen LogP contribution in [0.4, 0.5) is 19.3 Å². The summed E-state index contributed by atoms with van der Waals surface area (Å²) >= 11 is 4.13. The summed E-state index contributed by atoms with van der Waals surface area (Å²) in [6.45, 7) is 0. The molecule has 24 heavy (non-hydrogen) atoms. The second kappa shape index (κ2) is 6.16. The number of ether oxygens (including phenoxy) is 2. The van der Waals surface area contributed by atoms with Crippen molar-refractivity contribution in [2.75, 3.05) is 4.90 Å². The molecule has 0 spiro atoms. The Kier molecular flexibility index (Phi) is 4.18. The molecule has 0 saturated carbocycles. The number of hydrogen-bond acceptors (Lipinski definition) is 5. The van der Waals surface area contributed by atoms with Gasteiger partial charge in [-0.1, -0.05) is 0 Å². The number of rotatable bonds is 3. The van der Waals surface area contributed by atoms with Crippen LogP contribution < -0.4 is 10.6 Å². The molecular weight excluding hydrogens is 342 g/mol. The lowest BCUT2D eigenvalue weighted by Gasteiger charge is -2.27. The van der Waals surface area contributed by atoms with Crippen molar-refractivity contribution in [2.24, 2.45) is 5.73 Å². The molecule has 1 aromatic carbocycles. The van der Waals surface area contributed by atoms with Gasteiger partial charge in [0, 0.05) is 6.07 Å². The van der Waals surface area contributed by atoms with E-state index >= 15 is 0 Å². The number of cyclic esters (lactones) is 1. The molecule has 2 amide bonds. The number of primary amides is 1. The highest BCUT2D eigenvalue weighted by Crippen LogP contribution is 2.34. The molecule has 6 nitrogen and oxygen atoms in total. The molecule has 2 aliphatic heterocycles. The third-order valence-corrected chi connectivity index (χ3v) is 3.86. The number of nitrogens with two attached hydrogens (primary N) is 1. The highest BCUT2D eigenvalue weighted by Gasteiger charge is 2.48. The topological polar surface area (TPSA) is 81.9 Å². The van der Waals surface area contributed by atoms with Crippen LogP contribution in [0.1, 0.15) is 0 Å². The van der Waals surface area contributed by atoms with Crippen molar-refractivity contribution < 1.29 is 27.8 Å². The number of anilines is 1. The average molecular weight is 354 g/mol. The zero-order chi connectivity index (χ0) is 17.4. The predicted molar refractivity (Wildman–Crippen MR) is 83.2 cm³/mol. The molecule has 2 aliphatic rings. The molecule has 0 aromatic heterocycles. The van der Waals surface area contributed by atoms with Crippen LogP contribution >= 0.6 is 12.6 Å². The Morgan fingerprint density at radius 3 is 2.71 bits per heavy atom. The zero-order valence-corrected chi connectivity index (χ0v) is 13.0. The predicted octanol–water partition coefficient (Wildman–Crippen LogP) is 1.87. The van der Waals surface area contributed by atoms with Gasteiger partial charge in [-0.05, 0) is 29.9 Å². The molecule has 3 unspecified atom stereocenters. The zero-order valence-electron chi connectivity index (χ0n) is 12.1. The lowest BCUT2D eigenvalue weighted by Crippen LogP contribution is -2.44. The molecule has 3 atom stereocenters. The largest absolute Gasteiger partial charge is 0.483 e. The Morgan fingerprint density at radius 1 is 1.33 bits per heavy atom. The summed E-state index contributed by atoms with van der Waals surface area (Å²) in [5.74, 6) is -2.66. The van der Waals surface area contributed by atoms with Crippen molar-refractivity contribution in [3.63, 3.8) is 0 Å². The smallest absolute Gasteiger partial charge is 0.415 e. The van der Waals surface area contributed by atoms with Crippen LogP contribution in [-0.2, 0) is 14.3 Å². The molecular formula is C15H12F2N2O4S. The van der Waals surface area contributed by atoms with Crippen molar-refractivity contribution in [1.82, 2.24) is 0 Å². The van der Waals surface area contributed by atoms with Crippen molar-refractivity contribution in [3.05, 3.63) is 53.8 Å². The van der Waals surface area contributed by atoms with Gasteiger partial charge in [0.1, 0.15) is 17.7 Å². The molecule has 0 radical (unpaired) electrons. The summed E-state index contributed by atoms with van der Waals surface area (Å²) in [6.07, 6.45) is 2.04. The minimum absolute atomic E-state index is 0.230. The number of carbonyl (C=O) groups is 2. The van der Waals surface area contributed by atoms with E-state index in [1.807, 2.05) is 0 Å². The van der Waals surface area contributed by atoms with E-state index in [1.165, 1.54) is 18.4 Å². The maximum absolute atomic E-state index is 14.1. The second-order valence-corrected chi connectivity index (χ2v) is 5.62. The Morgan fingerprint density at radius 2 is 2.08 bits per heavy atom. The molecule has 1 fully saturated rings. The normalized spacial score (nSPS) is 26.0. The first-order chi connectivity index (χ1) is 11.4. The first kappa shape index (κ1) is 16.3. The summed E-state index contributed by atoms with van der Waals surface area (Å²) in [5, 5.41) is 0. The number of carbonyl (C=O) groups excluding carboxylic acids is 2. The second-order valence-electron chi connectivity index (χ2n) is 5.11. The number of benzene rings is 1.